The molecule has 2 aromatic rings. The van der Waals surface area contributed by atoms with Crippen LogP contribution in [0.25, 0.3) is 0 Å². The number of rotatable bonds is 5. The van der Waals surface area contributed by atoms with E-state index >= 15 is 0 Å². The number of nitriles is 1. The van der Waals surface area contributed by atoms with E-state index in [2.05, 4.69) is 46.5 Å². The molecule has 7 heteroatoms. The molecule has 0 spiro atoms. The van der Waals surface area contributed by atoms with Crippen LogP contribution in [-0.4, -0.2) is 35.6 Å². The number of anilines is 4. The fraction of sp³-hybridized carbons (Fsp3) is 0.421. The number of aromatic nitrogens is 2. The molecule has 0 unspecified atom stereocenters. The van der Waals surface area contributed by atoms with Crippen LogP contribution in [0.15, 0.2) is 24.3 Å². The third-order valence-electron chi connectivity index (χ3n) is 4.50. The van der Waals surface area contributed by atoms with Crippen molar-refractivity contribution >= 4 is 23.1 Å². The van der Waals surface area contributed by atoms with E-state index in [1.54, 1.807) is 12.1 Å². The van der Waals surface area contributed by atoms with Gasteiger partial charge in [0.05, 0.1) is 5.56 Å². The maximum Gasteiger partial charge on any atom is 0.229 e. The Hall–Kier alpha value is -2.85. The number of hydrogen-bond acceptors (Lipinski definition) is 7. The van der Waals surface area contributed by atoms with E-state index in [0.29, 0.717) is 23.2 Å². The molecule has 0 aliphatic carbocycles. The van der Waals surface area contributed by atoms with Gasteiger partial charge in [-0.3, -0.25) is 0 Å². The van der Waals surface area contributed by atoms with E-state index in [-0.39, 0.29) is 0 Å². The van der Waals surface area contributed by atoms with Gasteiger partial charge < -0.3 is 21.3 Å². The predicted molar refractivity (Wildman–Crippen MR) is 105 cm³/mol. The summed E-state index contributed by atoms with van der Waals surface area (Å²) in [7, 11) is 0. The molecule has 0 bridgehead atoms. The normalized spacial score (nSPS) is 17.0. The fourth-order valence-electron chi connectivity index (χ4n) is 3.11. The smallest absolute Gasteiger partial charge is 0.229 e. The molecule has 1 aromatic heterocycles. The SMILES string of the molecule is CCCc1cc(N2CCNC[C@H]2C)nc(Nc2ccc(N)c(C#N)c2)n1. The van der Waals surface area contributed by atoms with Gasteiger partial charge in [-0.25, -0.2) is 4.98 Å². The molecule has 136 valence electrons. The first kappa shape index (κ1) is 18.0. The van der Waals surface area contributed by atoms with Crippen LogP contribution in [0, 0.1) is 11.3 Å². The maximum absolute atomic E-state index is 9.16. The molecule has 1 aliphatic rings. The molecule has 7 nitrogen and oxygen atoms in total. The van der Waals surface area contributed by atoms with E-state index in [1.807, 2.05) is 6.07 Å². The summed E-state index contributed by atoms with van der Waals surface area (Å²) in [5.41, 5.74) is 8.48. The highest BCUT2D eigenvalue weighted by molar-refractivity contribution is 5.65. The second kappa shape index (κ2) is 8.02. The molecule has 1 saturated heterocycles. The standard InChI is InChI=1S/C19H25N7/c1-3-4-15-10-18(26-8-7-22-12-13(26)2)25-19(23-15)24-16-5-6-17(21)14(9-16)11-20/h5-6,9-10,13,22H,3-4,7-8,12,21H2,1-2H3,(H,23,24,25)/t13-/m1/s1. The van der Waals surface area contributed by atoms with Crippen LogP contribution in [-0.2, 0) is 6.42 Å². The van der Waals surface area contributed by atoms with Gasteiger partial charge >= 0.3 is 0 Å². The van der Waals surface area contributed by atoms with Crippen molar-refractivity contribution in [2.45, 2.75) is 32.7 Å². The Morgan fingerprint density at radius 3 is 2.96 bits per heavy atom. The summed E-state index contributed by atoms with van der Waals surface area (Å²) in [5, 5.41) is 15.8. The lowest BCUT2D eigenvalue weighted by molar-refractivity contribution is 0.497. The molecule has 0 saturated carbocycles. The largest absolute Gasteiger partial charge is 0.398 e. The van der Waals surface area contributed by atoms with Crippen molar-refractivity contribution in [1.82, 2.24) is 15.3 Å². The van der Waals surface area contributed by atoms with Crippen LogP contribution in [0.1, 0.15) is 31.5 Å². The summed E-state index contributed by atoms with van der Waals surface area (Å²) in [6.07, 6.45) is 1.92. The highest BCUT2D eigenvalue weighted by Crippen LogP contribution is 2.23. The molecule has 1 aromatic carbocycles. The summed E-state index contributed by atoms with van der Waals surface area (Å²) >= 11 is 0. The molecule has 26 heavy (non-hydrogen) atoms. The molecule has 2 heterocycles. The maximum atomic E-state index is 9.16. The van der Waals surface area contributed by atoms with E-state index in [1.165, 1.54) is 0 Å². The molecular formula is C19H25N7. The molecule has 1 fully saturated rings. The van der Waals surface area contributed by atoms with Gasteiger partial charge in [0.1, 0.15) is 11.9 Å². The number of piperazine rings is 1. The highest BCUT2D eigenvalue weighted by Gasteiger charge is 2.20. The third-order valence-corrected chi connectivity index (χ3v) is 4.50. The molecule has 3 rings (SSSR count). The minimum Gasteiger partial charge on any atom is -0.398 e. The summed E-state index contributed by atoms with van der Waals surface area (Å²) in [4.78, 5) is 11.7. The number of benzene rings is 1. The van der Waals surface area contributed by atoms with Gasteiger partial charge in [-0.2, -0.15) is 10.2 Å². The number of nitrogens with two attached hydrogens (primary N) is 1. The van der Waals surface area contributed by atoms with Crippen molar-refractivity contribution in [3.05, 3.63) is 35.5 Å². The van der Waals surface area contributed by atoms with Crippen molar-refractivity contribution in [1.29, 1.82) is 5.26 Å². The Bertz CT molecular complexity index is 812. The number of nitrogen functional groups attached to an aromatic ring is 1. The van der Waals surface area contributed by atoms with Crippen LogP contribution >= 0.6 is 0 Å². The molecule has 4 N–H and O–H groups in total. The Morgan fingerprint density at radius 2 is 2.23 bits per heavy atom. The van der Waals surface area contributed by atoms with Gasteiger partial charge in [-0.1, -0.05) is 13.3 Å². The lowest BCUT2D eigenvalue weighted by Crippen LogP contribution is -2.50. The molecule has 0 amide bonds. The zero-order valence-corrected chi connectivity index (χ0v) is 15.3. The second-order valence-electron chi connectivity index (χ2n) is 6.58. The van der Waals surface area contributed by atoms with Crippen molar-refractivity contribution in [3.63, 3.8) is 0 Å². The fourth-order valence-corrected chi connectivity index (χ4v) is 3.11. The van der Waals surface area contributed by atoms with Crippen LogP contribution in [0.4, 0.5) is 23.1 Å². The Labute approximate surface area is 154 Å². The predicted octanol–water partition coefficient (Wildman–Crippen LogP) is 2.42. The minimum absolute atomic E-state index is 0.377. The molecule has 1 atom stereocenters. The van der Waals surface area contributed by atoms with Crippen LogP contribution in [0.5, 0.6) is 0 Å². The first-order chi connectivity index (χ1) is 12.6. The minimum atomic E-state index is 0.377. The summed E-state index contributed by atoms with van der Waals surface area (Å²) in [5.74, 6) is 1.49. The number of nitrogens with one attached hydrogen (secondary N) is 2. The van der Waals surface area contributed by atoms with Gasteiger partial charge in [0.15, 0.2) is 0 Å². The topological polar surface area (TPSA) is 103 Å². The van der Waals surface area contributed by atoms with E-state index < -0.39 is 0 Å². The first-order valence-corrected chi connectivity index (χ1v) is 9.02. The van der Waals surface area contributed by atoms with Gasteiger partial charge in [0, 0.05) is 48.8 Å². The summed E-state index contributed by atoms with van der Waals surface area (Å²) < 4.78 is 0. The van der Waals surface area contributed by atoms with Crippen LogP contribution in [0.2, 0.25) is 0 Å². The highest BCUT2D eigenvalue weighted by atomic mass is 15.3. The van der Waals surface area contributed by atoms with Crippen molar-refractivity contribution in [2.75, 3.05) is 35.6 Å². The van der Waals surface area contributed by atoms with Gasteiger partial charge in [-0.15, -0.1) is 0 Å². The van der Waals surface area contributed by atoms with E-state index in [9.17, 15) is 0 Å². The number of nitrogens with zero attached hydrogens (tertiary/aromatic N) is 4. The Morgan fingerprint density at radius 1 is 1.38 bits per heavy atom. The first-order valence-electron chi connectivity index (χ1n) is 9.02. The molecular weight excluding hydrogens is 326 g/mol. The van der Waals surface area contributed by atoms with Crippen molar-refractivity contribution in [3.8, 4) is 6.07 Å². The lowest BCUT2D eigenvalue weighted by Gasteiger charge is -2.35. The van der Waals surface area contributed by atoms with Gasteiger partial charge in [0.2, 0.25) is 5.95 Å². The Kier molecular flexibility index (Phi) is 5.54. The van der Waals surface area contributed by atoms with Crippen molar-refractivity contribution < 1.29 is 0 Å². The number of aryl methyl sites for hydroxylation is 1. The van der Waals surface area contributed by atoms with Crippen LogP contribution < -0.4 is 21.3 Å². The average molecular weight is 351 g/mol. The summed E-state index contributed by atoms with van der Waals surface area (Å²) in [6, 6.07) is 9.83. The Balaban J connectivity index is 1.92. The van der Waals surface area contributed by atoms with Gasteiger partial charge in [-0.05, 0) is 31.5 Å². The van der Waals surface area contributed by atoms with E-state index in [4.69, 9.17) is 16.0 Å². The lowest BCUT2D eigenvalue weighted by atomic mass is 10.2. The molecule has 0 radical (unpaired) electrons. The zero-order chi connectivity index (χ0) is 18.5. The average Bonchev–Trinajstić information content (AvgIpc) is 2.64. The van der Waals surface area contributed by atoms with Gasteiger partial charge in [0.25, 0.3) is 0 Å². The quantitative estimate of drug-likeness (QED) is 0.711. The monoisotopic (exact) mass is 351 g/mol. The molecule has 1 aliphatic heterocycles. The van der Waals surface area contributed by atoms with E-state index in [0.717, 1.165) is 49.7 Å². The number of hydrogen-bond donors (Lipinski definition) is 3. The third kappa shape index (κ3) is 4.03. The summed E-state index contributed by atoms with van der Waals surface area (Å²) in [6.45, 7) is 7.15. The second-order valence-corrected chi connectivity index (χ2v) is 6.58. The van der Waals surface area contributed by atoms with Crippen LogP contribution in [0.3, 0.4) is 0 Å². The van der Waals surface area contributed by atoms with Crippen molar-refractivity contribution in [2.24, 2.45) is 0 Å². The zero-order valence-electron chi connectivity index (χ0n) is 15.3.